The molecule has 0 atom stereocenters. The molecule has 19 heavy (non-hydrogen) atoms. The first-order valence-electron chi connectivity index (χ1n) is 6.14. The number of hydrogen-bond donors (Lipinski definition) is 1. The van der Waals surface area contributed by atoms with Gasteiger partial charge in [-0.2, -0.15) is 5.10 Å². The number of para-hydroxylation sites is 1. The Morgan fingerprint density at radius 3 is 2.68 bits per heavy atom. The lowest BCUT2D eigenvalue weighted by molar-refractivity contribution is 0.410. The summed E-state index contributed by atoms with van der Waals surface area (Å²) in [7, 11) is 1.69. The van der Waals surface area contributed by atoms with E-state index in [-0.39, 0.29) is 12.4 Å². The molecule has 1 heterocycles. The maximum Gasteiger partial charge on any atom is 0.151 e. The number of rotatable bonds is 5. The Bertz CT molecular complexity index is 525. The summed E-state index contributed by atoms with van der Waals surface area (Å²) < 4.78 is 7.26. The molecule has 0 fully saturated rings. The fourth-order valence-corrected chi connectivity index (χ4v) is 1.89. The molecule has 0 saturated heterocycles. The van der Waals surface area contributed by atoms with Crippen molar-refractivity contribution in [3.63, 3.8) is 0 Å². The highest BCUT2D eigenvalue weighted by Crippen LogP contribution is 2.19. The van der Waals surface area contributed by atoms with Crippen LogP contribution in [0.4, 0.5) is 5.82 Å². The van der Waals surface area contributed by atoms with Crippen LogP contribution in [0.25, 0.3) is 0 Å². The van der Waals surface area contributed by atoms with Crippen molar-refractivity contribution in [1.82, 2.24) is 9.78 Å². The lowest BCUT2D eigenvalue weighted by Gasteiger charge is -2.09. The third kappa shape index (κ3) is 3.64. The second kappa shape index (κ2) is 7.04. The van der Waals surface area contributed by atoms with Gasteiger partial charge in [0.1, 0.15) is 5.75 Å². The summed E-state index contributed by atoms with van der Waals surface area (Å²) in [6.07, 6.45) is 2.05. The minimum Gasteiger partial charge on any atom is -0.496 e. The van der Waals surface area contributed by atoms with Gasteiger partial charge in [0, 0.05) is 30.4 Å². The highest BCUT2D eigenvalue weighted by molar-refractivity contribution is 5.85. The van der Waals surface area contributed by atoms with Gasteiger partial charge in [-0.15, -0.1) is 12.4 Å². The van der Waals surface area contributed by atoms with Crippen LogP contribution in [0.2, 0.25) is 0 Å². The number of ether oxygens (including phenoxy) is 1. The van der Waals surface area contributed by atoms with Gasteiger partial charge in [0.25, 0.3) is 0 Å². The number of aromatic nitrogens is 2. The molecule has 104 valence electrons. The van der Waals surface area contributed by atoms with Gasteiger partial charge in [-0.05, 0) is 19.9 Å². The van der Waals surface area contributed by atoms with Crippen molar-refractivity contribution in [2.45, 2.75) is 26.9 Å². The predicted molar refractivity (Wildman–Crippen MR) is 80.2 cm³/mol. The van der Waals surface area contributed by atoms with E-state index in [1.807, 2.05) is 29.1 Å². The van der Waals surface area contributed by atoms with E-state index in [9.17, 15) is 0 Å². The second-order valence-electron chi connectivity index (χ2n) is 4.18. The molecule has 4 nitrogen and oxygen atoms in total. The number of hydrogen-bond acceptors (Lipinski definition) is 3. The number of nitrogens with one attached hydrogen (secondary N) is 1. The second-order valence-corrected chi connectivity index (χ2v) is 4.18. The summed E-state index contributed by atoms with van der Waals surface area (Å²) in [4.78, 5) is 0. The smallest absolute Gasteiger partial charge is 0.151 e. The minimum atomic E-state index is 0. The van der Waals surface area contributed by atoms with E-state index in [1.165, 1.54) is 0 Å². The number of aryl methyl sites for hydroxylation is 2. The normalized spacial score (nSPS) is 9.84. The van der Waals surface area contributed by atoms with Crippen LogP contribution in [-0.2, 0) is 13.1 Å². The fraction of sp³-hybridized carbons (Fsp3) is 0.357. The van der Waals surface area contributed by atoms with Crippen LogP contribution >= 0.6 is 12.4 Å². The summed E-state index contributed by atoms with van der Waals surface area (Å²) in [5.74, 6) is 1.83. The SMILES string of the molecule is CCn1cc(C)c(NCc2ccccc2OC)n1.Cl. The van der Waals surface area contributed by atoms with Gasteiger partial charge in [-0.3, -0.25) is 4.68 Å². The molecule has 1 aromatic heterocycles. The summed E-state index contributed by atoms with van der Waals surface area (Å²) in [6.45, 7) is 5.74. The number of anilines is 1. The zero-order chi connectivity index (χ0) is 13.0. The third-order valence-electron chi connectivity index (χ3n) is 2.91. The van der Waals surface area contributed by atoms with Crippen LogP contribution in [0.15, 0.2) is 30.5 Å². The Morgan fingerprint density at radius 2 is 2.05 bits per heavy atom. The Balaban J connectivity index is 0.00000180. The molecule has 5 heteroatoms. The lowest BCUT2D eigenvalue weighted by Crippen LogP contribution is -2.04. The van der Waals surface area contributed by atoms with Crippen molar-refractivity contribution < 1.29 is 4.74 Å². The Hall–Kier alpha value is -1.68. The summed E-state index contributed by atoms with van der Waals surface area (Å²) >= 11 is 0. The molecule has 2 aromatic rings. The van der Waals surface area contributed by atoms with Crippen molar-refractivity contribution in [1.29, 1.82) is 0 Å². The lowest BCUT2D eigenvalue weighted by atomic mass is 10.2. The zero-order valence-corrected chi connectivity index (χ0v) is 12.3. The third-order valence-corrected chi connectivity index (χ3v) is 2.91. The first-order valence-corrected chi connectivity index (χ1v) is 6.14. The largest absolute Gasteiger partial charge is 0.496 e. The van der Waals surface area contributed by atoms with Crippen molar-refractivity contribution in [3.05, 3.63) is 41.6 Å². The topological polar surface area (TPSA) is 39.1 Å². The molecule has 0 radical (unpaired) electrons. The number of methoxy groups -OCH3 is 1. The molecular weight excluding hydrogens is 262 g/mol. The molecule has 0 amide bonds. The maximum atomic E-state index is 5.32. The van der Waals surface area contributed by atoms with E-state index < -0.39 is 0 Å². The van der Waals surface area contributed by atoms with E-state index in [1.54, 1.807) is 7.11 Å². The van der Waals surface area contributed by atoms with Crippen LogP contribution in [-0.4, -0.2) is 16.9 Å². The highest BCUT2D eigenvalue weighted by atomic mass is 35.5. The van der Waals surface area contributed by atoms with Crippen LogP contribution in [0.3, 0.4) is 0 Å². The van der Waals surface area contributed by atoms with E-state index in [2.05, 4.69) is 30.3 Å². The van der Waals surface area contributed by atoms with Crippen molar-refractivity contribution >= 4 is 18.2 Å². The molecule has 0 aliphatic rings. The molecule has 1 N–H and O–H groups in total. The number of halogens is 1. The molecule has 1 aromatic carbocycles. The Morgan fingerprint density at radius 1 is 1.32 bits per heavy atom. The van der Waals surface area contributed by atoms with Crippen molar-refractivity contribution in [2.75, 3.05) is 12.4 Å². The van der Waals surface area contributed by atoms with Gasteiger partial charge in [-0.25, -0.2) is 0 Å². The monoisotopic (exact) mass is 281 g/mol. The van der Waals surface area contributed by atoms with Gasteiger partial charge < -0.3 is 10.1 Å². The van der Waals surface area contributed by atoms with Gasteiger partial charge >= 0.3 is 0 Å². The maximum absolute atomic E-state index is 5.32. The van der Waals surface area contributed by atoms with Gasteiger partial charge in [0.05, 0.1) is 7.11 Å². The highest BCUT2D eigenvalue weighted by Gasteiger charge is 2.05. The molecule has 0 saturated carbocycles. The first-order chi connectivity index (χ1) is 8.74. The fourth-order valence-electron chi connectivity index (χ4n) is 1.89. The van der Waals surface area contributed by atoms with Gasteiger partial charge in [0.2, 0.25) is 0 Å². The predicted octanol–water partition coefficient (Wildman–Crippen LogP) is 3.25. The molecule has 0 spiro atoms. The van der Waals surface area contributed by atoms with E-state index in [0.29, 0.717) is 6.54 Å². The minimum absolute atomic E-state index is 0. The molecular formula is C14H20ClN3O. The van der Waals surface area contributed by atoms with E-state index >= 15 is 0 Å². The van der Waals surface area contributed by atoms with Crippen molar-refractivity contribution in [3.8, 4) is 5.75 Å². The molecule has 0 aliphatic heterocycles. The average molecular weight is 282 g/mol. The Kier molecular flexibility index (Phi) is 5.70. The molecule has 0 aliphatic carbocycles. The summed E-state index contributed by atoms with van der Waals surface area (Å²) in [5.41, 5.74) is 2.29. The summed E-state index contributed by atoms with van der Waals surface area (Å²) in [5, 5.41) is 7.81. The van der Waals surface area contributed by atoms with Crippen LogP contribution in [0.5, 0.6) is 5.75 Å². The number of nitrogens with zero attached hydrogens (tertiary/aromatic N) is 2. The standard InChI is InChI=1S/C14H19N3O.ClH/c1-4-17-10-11(2)14(16-17)15-9-12-7-5-6-8-13(12)18-3;/h5-8,10H,4,9H2,1-3H3,(H,15,16);1H. The van der Waals surface area contributed by atoms with Crippen LogP contribution in [0.1, 0.15) is 18.1 Å². The van der Waals surface area contributed by atoms with Crippen molar-refractivity contribution in [2.24, 2.45) is 0 Å². The molecule has 0 unspecified atom stereocenters. The van der Waals surface area contributed by atoms with Gasteiger partial charge in [0.15, 0.2) is 5.82 Å². The number of benzene rings is 1. The van der Waals surface area contributed by atoms with Crippen LogP contribution in [0, 0.1) is 6.92 Å². The first kappa shape index (κ1) is 15.4. The molecule has 0 bridgehead atoms. The average Bonchev–Trinajstić information content (AvgIpc) is 2.77. The summed E-state index contributed by atoms with van der Waals surface area (Å²) in [6, 6.07) is 8.00. The van der Waals surface area contributed by atoms with Crippen LogP contribution < -0.4 is 10.1 Å². The quantitative estimate of drug-likeness (QED) is 0.914. The van der Waals surface area contributed by atoms with E-state index in [0.717, 1.165) is 29.2 Å². The molecule has 2 rings (SSSR count). The van der Waals surface area contributed by atoms with E-state index in [4.69, 9.17) is 4.74 Å². The zero-order valence-electron chi connectivity index (χ0n) is 11.5. The van der Waals surface area contributed by atoms with Gasteiger partial charge in [-0.1, -0.05) is 18.2 Å². The Labute approximate surface area is 120 Å².